The molecule has 0 spiro atoms. The van der Waals surface area contributed by atoms with E-state index in [1.54, 1.807) is 20.0 Å². The van der Waals surface area contributed by atoms with Gasteiger partial charge in [-0.05, 0) is 35.8 Å². The molecule has 0 atom stereocenters. The number of hydrogen-bond donors (Lipinski definition) is 1. The molecule has 1 aromatic heterocycles. The minimum absolute atomic E-state index is 0.0635. The lowest BCUT2D eigenvalue weighted by Gasteiger charge is -2.23. The second-order valence-electron chi connectivity index (χ2n) is 4.51. The molecule has 0 radical (unpaired) electrons. The average Bonchev–Trinajstić information content (AvgIpc) is 2.43. The Kier molecular flexibility index (Phi) is 3.73. The fraction of sp³-hybridized carbons (Fsp3) is 0.500. The van der Waals surface area contributed by atoms with Crippen LogP contribution < -0.4 is 0 Å². The smallest absolute Gasteiger partial charge is 0.352 e. The molecule has 1 aromatic rings. The van der Waals surface area contributed by atoms with E-state index in [1.807, 2.05) is 0 Å². The Morgan fingerprint density at radius 2 is 2.06 bits per heavy atom. The van der Waals surface area contributed by atoms with Gasteiger partial charge in [-0.3, -0.25) is 0 Å². The van der Waals surface area contributed by atoms with E-state index in [0.717, 1.165) is 6.26 Å². The largest absolute Gasteiger partial charge is 0.477 e. The van der Waals surface area contributed by atoms with Crippen molar-refractivity contribution in [2.24, 2.45) is 0 Å². The zero-order valence-electron chi connectivity index (χ0n) is 9.77. The van der Waals surface area contributed by atoms with Gasteiger partial charge in [0, 0.05) is 23.5 Å². The Labute approximate surface area is 108 Å². The monoisotopic (exact) mass is 323 g/mol. The van der Waals surface area contributed by atoms with Crippen LogP contribution in [0, 0.1) is 0 Å². The van der Waals surface area contributed by atoms with Crippen LogP contribution in [0.5, 0.6) is 0 Å². The molecule has 1 heterocycles. The number of carboxylic acid groups (broad SMARTS) is 1. The van der Waals surface area contributed by atoms with E-state index in [0.29, 0.717) is 4.47 Å². The van der Waals surface area contributed by atoms with Crippen LogP contribution in [0.4, 0.5) is 0 Å². The predicted molar refractivity (Wildman–Crippen MR) is 68.0 cm³/mol. The summed E-state index contributed by atoms with van der Waals surface area (Å²) in [6.45, 7) is 3.24. The van der Waals surface area contributed by atoms with Crippen LogP contribution in [0.25, 0.3) is 0 Å². The molecule has 5 nitrogen and oxygen atoms in total. The quantitative estimate of drug-likeness (QED) is 0.916. The first-order valence-corrected chi connectivity index (χ1v) is 7.51. The minimum atomic E-state index is -3.26. The summed E-state index contributed by atoms with van der Waals surface area (Å²) in [5.41, 5.74) is 0.0635. The third-order valence-electron chi connectivity index (χ3n) is 2.64. The second kappa shape index (κ2) is 4.45. The predicted octanol–water partition coefficient (Wildman–Crippen LogP) is 1.77. The number of carboxylic acids is 1. The average molecular weight is 324 g/mol. The van der Waals surface area contributed by atoms with Crippen molar-refractivity contribution in [1.29, 1.82) is 0 Å². The van der Waals surface area contributed by atoms with Crippen molar-refractivity contribution in [3.05, 3.63) is 22.4 Å². The number of nitrogens with zero attached hydrogens (tertiary/aromatic N) is 1. The molecule has 0 saturated heterocycles. The van der Waals surface area contributed by atoms with Crippen molar-refractivity contribution in [1.82, 2.24) is 4.57 Å². The second-order valence-corrected chi connectivity index (χ2v) is 8.07. The lowest BCUT2D eigenvalue weighted by molar-refractivity contribution is 0.0684. The van der Waals surface area contributed by atoms with Gasteiger partial charge in [-0.2, -0.15) is 0 Å². The van der Waals surface area contributed by atoms with Crippen LogP contribution in [0.1, 0.15) is 24.3 Å². The van der Waals surface area contributed by atoms with Crippen molar-refractivity contribution in [2.45, 2.75) is 25.1 Å². The molecular weight excluding hydrogens is 310 g/mol. The van der Waals surface area contributed by atoms with Crippen molar-refractivity contribution in [3.63, 3.8) is 0 Å². The molecule has 96 valence electrons. The maximum atomic E-state index is 11.6. The van der Waals surface area contributed by atoms with Gasteiger partial charge >= 0.3 is 5.97 Å². The summed E-state index contributed by atoms with van der Waals surface area (Å²) in [7, 11) is -3.26. The van der Waals surface area contributed by atoms with Crippen LogP contribution in [-0.2, 0) is 16.4 Å². The zero-order chi connectivity index (χ0) is 13.4. The molecule has 0 aliphatic heterocycles. The number of halogens is 1. The normalized spacial score (nSPS) is 12.7. The number of carbonyl (C=O) groups is 1. The van der Waals surface area contributed by atoms with Gasteiger partial charge in [-0.25, -0.2) is 13.2 Å². The molecule has 0 aromatic carbocycles. The highest BCUT2D eigenvalue weighted by Crippen LogP contribution is 2.22. The number of sulfone groups is 1. The highest BCUT2D eigenvalue weighted by atomic mass is 79.9. The Bertz CT molecular complexity index is 545. The van der Waals surface area contributed by atoms with Gasteiger partial charge in [0.15, 0.2) is 9.84 Å². The molecule has 0 aliphatic rings. The maximum Gasteiger partial charge on any atom is 0.352 e. The third kappa shape index (κ3) is 3.10. The lowest BCUT2D eigenvalue weighted by Crippen LogP contribution is -2.36. The van der Waals surface area contributed by atoms with Gasteiger partial charge in [0.05, 0.1) is 4.75 Å². The SMILES string of the molecule is CC(C)(Cn1cc(Br)cc1C(=O)O)S(C)(=O)=O. The summed E-state index contributed by atoms with van der Waals surface area (Å²) in [5.74, 6) is -1.08. The molecule has 1 N–H and O–H groups in total. The maximum absolute atomic E-state index is 11.6. The number of aromatic carboxylic acids is 1. The van der Waals surface area contributed by atoms with Gasteiger partial charge < -0.3 is 9.67 Å². The molecule has 0 bridgehead atoms. The summed E-state index contributed by atoms with van der Waals surface area (Å²) >= 11 is 3.18. The molecular formula is C10H14BrNO4S. The molecule has 0 saturated carbocycles. The number of rotatable bonds is 4. The van der Waals surface area contributed by atoms with E-state index >= 15 is 0 Å². The fourth-order valence-electron chi connectivity index (χ4n) is 1.31. The number of hydrogen-bond acceptors (Lipinski definition) is 3. The van der Waals surface area contributed by atoms with Crippen molar-refractivity contribution < 1.29 is 18.3 Å². The van der Waals surface area contributed by atoms with Crippen LogP contribution in [0.2, 0.25) is 0 Å². The summed E-state index contributed by atoms with van der Waals surface area (Å²) < 4.78 is 24.2. The van der Waals surface area contributed by atoms with Gasteiger partial charge in [0.2, 0.25) is 0 Å². The summed E-state index contributed by atoms with van der Waals surface area (Å²) in [5, 5.41) is 8.99. The summed E-state index contributed by atoms with van der Waals surface area (Å²) in [4.78, 5) is 11.0. The molecule has 7 heteroatoms. The van der Waals surface area contributed by atoms with E-state index in [-0.39, 0.29) is 12.2 Å². The highest BCUT2D eigenvalue weighted by Gasteiger charge is 2.31. The molecule has 0 amide bonds. The standard InChI is InChI=1S/C10H14BrNO4S/c1-10(2,17(3,15)16)6-12-5-7(11)4-8(12)9(13)14/h4-5H,6H2,1-3H3,(H,13,14). The van der Waals surface area contributed by atoms with E-state index < -0.39 is 20.6 Å². The molecule has 1 rings (SSSR count). The first kappa shape index (κ1) is 14.2. The summed E-state index contributed by atoms with van der Waals surface area (Å²) in [6, 6.07) is 1.45. The van der Waals surface area contributed by atoms with Crippen LogP contribution >= 0.6 is 15.9 Å². The first-order chi connectivity index (χ1) is 7.54. The van der Waals surface area contributed by atoms with Gasteiger partial charge in [-0.15, -0.1) is 0 Å². The molecule has 0 unspecified atom stereocenters. The van der Waals surface area contributed by atoms with Crippen LogP contribution in [-0.4, -0.2) is 35.1 Å². The third-order valence-corrected chi connectivity index (χ3v) is 5.21. The van der Waals surface area contributed by atoms with Crippen LogP contribution in [0.15, 0.2) is 16.7 Å². The van der Waals surface area contributed by atoms with E-state index in [1.165, 1.54) is 10.6 Å². The van der Waals surface area contributed by atoms with E-state index in [9.17, 15) is 13.2 Å². The highest BCUT2D eigenvalue weighted by molar-refractivity contribution is 9.10. The summed E-state index contributed by atoms with van der Waals surface area (Å²) in [6.07, 6.45) is 2.71. The first-order valence-electron chi connectivity index (χ1n) is 4.83. The molecule has 17 heavy (non-hydrogen) atoms. The molecule has 0 fully saturated rings. The van der Waals surface area contributed by atoms with E-state index in [4.69, 9.17) is 5.11 Å². The van der Waals surface area contributed by atoms with Crippen molar-refractivity contribution >= 4 is 31.7 Å². The van der Waals surface area contributed by atoms with Crippen molar-refractivity contribution in [3.8, 4) is 0 Å². The molecule has 0 aliphatic carbocycles. The zero-order valence-corrected chi connectivity index (χ0v) is 12.2. The Morgan fingerprint density at radius 3 is 2.47 bits per heavy atom. The van der Waals surface area contributed by atoms with Gasteiger partial charge in [0.25, 0.3) is 0 Å². The van der Waals surface area contributed by atoms with E-state index in [2.05, 4.69) is 15.9 Å². The Morgan fingerprint density at radius 1 is 1.53 bits per heavy atom. The minimum Gasteiger partial charge on any atom is -0.477 e. The van der Waals surface area contributed by atoms with Gasteiger partial charge in [0.1, 0.15) is 5.69 Å². The van der Waals surface area contributed by atoms with Gasteiger partial charge in [-0.1, -0.05) is 0 Å². The topological polar surface area (TPSA) is 76.4 Å². The Hall–Kier alpha value is -0.820. The fourth-order valence-corrected chi connectivity index (χ4v) is 2.15. The number of aromatic nitrogens is 1. The van der Waals surface area contributed by atoms with Crippen molar-refractivity contribution in [2.75, 3.05) is 6.26 Å². The Balaban J connectivity index is 3.16. The lowest BCUT2D eigenvalue weighted by atomic mass is 10.2. The van der Waals surface area contributed by atoms with Crippen LogP contribution in [0.3, 0.4) is 0 Å².